The summed E-state index contributed by atoms with van der Waals surface area (Å²) in [7, 11) is 1.60. The fourth-order valence-electron chi connectivity index (χ4n) is 1.97. The van der Waals surface area contributed by atoms with Crippen LogP contribution in [0.4, 0.5) is 5.69 Å². The van der Waals surface area contributed by atoms with E-state index in [0.717, 1.165) is 35.6 Å². The number of pyridine rings is 1. The number of anilines is 1. The first kappa shape index (κ1) is 12.4. The fourth-order valence-corrected chi connectivity index (χ4v) is 1.97. The van der Waals surface area contributed by atoms with Crippen molar-refractivity contribution in [2.75, 3.05) is 12.8 Å². The van der Waals surface area contributed by atoms with E-state index in [1.165, 1.54) is 0 Å². The molecule has 0 aliphatic carbocycles. The third kappa shape index (κ3) is 2.03. The predicted octanol–water partition coefficient (Wildman–Crippen LogP) is 1.98. The minimum Gasteiger partial charge on any atom is -0.481 e. The number of nitrogens with zero attached hydrogens (tertiary/aromatic N) is 3. The molecule has 0 saturated carbocycles. The first-order valence-corrected chi connectivity index (χ1v) is 6.07. The van der Waals surface area contributed by atoms with Gasteiger partial charge in [-0.3, -0.25) is 0 Å². The Kier molecular flexibility index (Phi) is 3.50. The van der Waals surface area contributed by atoms with Gasteiger partial charge in [0.05, 0.1) is 29.9 Å². The first-order chi connectivity index (χ1) is 8.71. The summed E-state index contributed by atoms with van der Waals surface area (Å²) in [5.74, 6) is 0.571. The molecule has 0 aromatic carbocycles. The lowest BCUT2D eigenvalue weighted by molar-refractivity contribution is 0.397. The van der Waals surface area contributed by atoms with Gasteiger partial charge in [-0.25, -0.2) is 9.67 Å². The molecule has 18 heavy (non-hydrogen) atoms. The van der Waals surface area contributed by atoms with E-state index in [0.29, 0.717) is 5.88 Å². The molecule has 0 radical (unpaired) electrons. The Morgan fingerprint density at radius 2 is 2.11 bits per heavy atom. The number of methoxy groups -OCH3 is 1. The largest absolute Gasteiger partial charge is 0.481 e. The Morgan fingerprint density at radius 1 is 1.33 bits per heavy atom. The standard InChI is InChI=1S/C13H18N4O/c1-4-10-13(14)11(5-2)17(16-10)9-6-7-15-12(8-9)18-3/h6-8H,4-5,14H2,1-3H3. The van der Waals surface area contributed by atoms with Gasteiger partial charge in [0.2, 0.25) is 5.88 Å². The minimum absolute atomic E-state index is 0.571. The minimum atomic E-state index is 0.571. The van der Waals surface area contributed by atoms with Gasteiger partial charge in [-0.2, -0.15) is 5.10 Å². The van der Waals surface area contributed by atoms with Gasteiger partial charge in [-0.15, -0.1) is 0 Å². The van der Waals surface area contributed by atoms with E-state index in [9.17, 15) is 0 Å². The second kappa shape index (κ2) is 5.08. The van der Waals surface area contributed by atoms with Crippen LogP contribution in [-0.2, 0) is 12.8 Å². The second-order valence-electron chi connectivity index (χ2n) is 3.98. The maximum Gasteiger partial charge on any atom is 0.215 e. The number of hydrogen-bond acceptors (Lipinski definition) is 4. The van der Waals surface area contributed by atoms with Crippen LogP contribution in [0.1, 0.15) is 25.2 Å². The van der Waals surface area contributed by atoms with Crippen LogP contribution in [0.25, 0.3) is 5.69 Å². The van der Waals surface area contributed by atoms with Crippen molar-refractivity contribution in [3.05, 3.63) is 29.7 Å². The summed E-state index contributed by atoms with van der Waals surface area (Å²) in [5, 5.41) is 4.55. The van der Waals surface area contributed by atoms with Gasteiger partial charge in [0, 0.05) is 12.3 Å². The van der Waals surface area contributed by atoms with Crippen LogP contribution in [0.3, 0.4) is 0 Å². The van der Waals surface area contributed by atoms with E-state index in [1.807, 2.05) is 16.8 Å². The third-order valence-electron chi connectivity index (χ3n) is 2.94. The number of nitrogen functional groups attached to an aromatic ring is 1. The number of aromatic nitrogens is 3. The summed E-state index contributed by atoms with van der Waals surface area (Å²) in [6.45, 7) is 4.12. The average molecular weight is 246 g/mol. The Hall–Kier alpha value is -2.04. The molecule has 0 unspecified atom stereocenters. The monoisotopic (exact) mass is 246 g/mol. The summed E-state index contributed by atoms with van der Waals surface area (Å²) in [4.78, 5) is 4.09. The zero-order chi connectivity index (χ0) is 13.1. The van der Waals surface area contributed by atoms with Gasteiger partial charge in [0.15, 0.2) is 0 Å². The van der Waals surface area contributed by atoms with Gasteiger partial charge >= 0.3 is 0 Å². The van der Waals surface area contributed by atoms with Crippen molar-refractivity contribution in [2.24, 2.45) is 0 Å². The maximum atomic E-state index is 6.10. The van der Waals surface area contributed by atoms with Crippen molar-refractivity contribution in [3.8, 4) is 11.6 Å². The zero-order valence-electron chi connectivity index (χ0n) is 11.0. The lowest BCUT2D eigenvalue weighted by atomic mass is 10.2. The SMILES string of the molecule is CCc1nn(-c2ccnc(OC)c2)c(CC)c1N. The molecule has 96 valence electrons. The molecular weight excluding hydrogens is 228 g/mol. The van der Waals surface area contributed by atoms with Crippen molar-refractivity contribution in [2.45, 2.75) is 26.7 Å². The number of ether oxygens (including phenoxy) is 1. The molecule has 0 bridgehead atoms. The second-order valence-corrected chi connectivity index (χ2v) is 3.98. The van der Waals surface area contributed by atoms with E-state index >= 15 is 0 Å². The van der Waals surface area contributed by atoms with Crippen molar-refractivity contribution in [1.29, 1.82) is 0 Å². The van der Waals surface area contributed by atoms with Gasteiger partial charge in [0.25, 0.3) is 0 Å². The van der Waals surface area contributed by atoms with Crippen molar-refractivity contribution >= 4 is 5.69 Å². The normalized spacial score (nSPS) is 10.6. The van der Waals surface area contributed by atoms with Crippen LogP contribution in [0.2, 0.25) is 0 Å². The molecule has 0 aliphatic rings. The van der Waals surface area contributed by atoms with Crippen LogP contribution in [0, 0.1) is 0 Å². The maximum absolute atomic E-state index is 6.10. The zero-order valence-corrected chi connectivity index (χ0v) is 11.0. The van der Waals surface area contributed by atoms with Gasteiger partial charge in [0.1, 0.15) is 0 Å². The van der Waals surface area contributed by atoms with Gasteiger partial charge < -0.3 is 10.5 Å². The third-order valence-corrected chi connectivity index (χ3v) is 2.94. The Morgan fingerprint density at radius 3 is 2.72 bits per heavy atom. The lowest BCUT2D eigenvalue weighted by Gasteiger charge is -2.07. The highest BCUT2D eigenvalue weighted by molar-refractivity contribution is 5.52. The predicted molar refractivity (Wildman–Crippen MR) is 71.1 cm³/mol. The number of aryl methyl sites for hydroxylation is 1. The Labute approximate surface area is 107 Å². The first-order valence-electron chi connectivity index (χ1n) is 6.07. The highest BCUT2D eigenvalue weighted by atomic mass is 16.5. The number of nitrogens with two attached hydrogens (primary N) is 1. The Balaban J connectivity index is 2.55. The van der Waals surface area contributed by atoms with Crippen LogP contribution >= 0.6 is 0 Å². The van der Waals surface area contributed by atoms with Gasteiger partial charge in [-0.1, -0.05) is 13.8 Å². The van der Waals surface area contributed by atoms with Crippen LogP contribution < -0.4 is 10.5 Å². The highest BCUT2D eigenvalue weighted by Crippen LogP contribution is 2.23. The summed E-state index contributed by atoms with van der Waals surface area (Å²) in [5.41, 5.74) is 9.77. The summed E-state index contributed by atoms with van der Waals surface area (Å²) >= 11 is 0. The van der Waals surface area contributed by atoms with Crippen LogP contribution in [0.5, 0.6) is 5.88 Å². The number of hydrogen-bond donors (Lipinski definition) is 1. The van der Waals surface area contributed by atoms with E-state index in [-0.39, 0.29) is 0 Å². The molecule has 2 aromatic heterocycles. The van der Waals surface area contributed by atoms with E-state index in [2.05, 4.69) is 23.9 Å². The van der Waals surface area contributed by atoms with Crippen molar-refractivity contribution in [1.82, 2.24) is 14.8 Å². The molecule has 0 spiro atoms. The van der Waals surface area contributed by atoms with E-state index < -0.39 is 0 Å². The van der Waals surface area contributed by atoms with Crippen LogP contribution in [0.15, 0.2) is 18.3 Å². The lowest BCUT2D eigenvalue weighted by Crippen LogP contribution is -2.03. The summed E-state index contributed by atoms with van der Waals surface area (Å²) in [6.07, 6.45) is 3.37. The molecule has 0 atom stereocenters. The molecule has 5 nitrogen and oxygen atoms in total. The molecule has 2 rings (SSSR count). The summed E-state index contributed by atoms with van der Waals surface area (Å²) < 4.78 is 7.00. The number of rotatable bonds is 4. The molecule has 2 heterocycles. The molecule has 2 N–H and O–H groups in total. The Bertz CT molecular complexity index is 548. The van der Waals surface area contributed by atoms with E-state index in [4.69, 9.17) is 10.5 Å². The smallest absolute Gasteiger partial charge is 0.215 e. The molecule has 0 aliphatic heterocycles. The molecule has 0 saturated heterocycles. The van der Waals surface area contributed by atoms with Crippen LogP contribution in [-0.4, -0.2) is 21.9 Å². The average Bonchev–Trinajstić information content (AvgIpc) is 2.75. The quantitative estimate of drug-likeness (QED) is 0.895. The molecular formula is C13H18N4O. The van der Waals surface area contributed by atoms with E-state index in [1.54, 1.807) is 13.3 Å². The molecule has 0 fully saturated rings. The fraction of sp³-hybridized carbons (Fsp3) is 0.385. The topological polar surface area (TPSA) is 66.0 Å². The molecule has 0 amide bonds. The molecule has 5 heteroatoms. The van der Waals surface area contributed by atoms with Crippen molar-refractivity contribution in [3.63, 3.8) is 0 Å². The van der Waals surface area contributed by atoms with Crippen molar-refractivity contribution < 1.29 is 4.74 Å². The molecule has 2 aromatic rings. The van der Waals surface area contributed by atoms with Gasteiger partial charge in [-0.05, 0) is 18.9 Å². The summed E-state index contributed by atoms with van der Waals surface area (Å²) in [6, 6.07) is 3.75. The highest BCUT2D eigenvalue weighted by Gasteiger charge is 2.14.